The number of hydrogen-bond donors (Lipinski definition) is 1. The van der Waals surface area contributed by atoms with E-state index in [9.17, 15) is 0 Å². The van der Waals surface area contributed by atoms with Crippen LogP contribution in [-0.2, 0) is 4.74 Å². The molecule has 1 heterocycles. The van der Waals surface area contributed by atoms with Gasteiger partial charge < -0.3 is 10.1 Å². The minimum Gasteiger partial charge on any atom is -0.367 e. The Labute approximate surface area is 111 Å². The summed E-state index contributed by atoms with van der Waals surface area (Å²) in [5.41, 5.74) is 2.59. The standard InChI is InChI=1S/C16H25NO/c1-11(2)9-15-10-17-13(4)16(18-15)14-7-5-12(3)6-8-14/h5-8,11,13,15-17H,9-10H2,1-4H3. The Kier molecular flexibility index (Phi) is 4.41. The second kappa shape index (κ2) is 5.85. The Morgan fingerprint density at radius 2 is 1.94 bits per heavy atom. The van der Waals surface area contributed by atoms with Gasteiger partial charge in [0.25, 0.3) is 0 Å². The van der Waals surface area contributed by atoms with Gasteiger partial charge in [-0.15, -0.1) is 0 Å². The molecular weight excluding hydrogens is 222 g/mol. The van der Waals surface area contributed by atoms with Crippen LogP contribution in [0.1, 0.15) is 44.4 Å². The van der Waals surface area contributed by atoms with Crippen molar-refractivity contribution in [3.8, 4) is 0 Å². The third-order valence-electron chi connectivity index (χ3n) is 3.60. The van der Waals surface area contributed by atoms with Gasteiger partial charge in [-0.3, -0.25) is 0 Å². The fourth-order valence-corrected chi connectivity index (χ4v) is 2.59. The van der Waals surface area contributed by atoms with Crippen LogP contribution in [0, 0.1) is 12.8 Å². The van der Waals surface area contributed by atoms with Crippen LogP contribution in [0.15, 0.2) is 24.3 Å². The van der Waals surface area contributed by atoms with Crippen molar-refractivity contribution in [2.75, 3.05) is 6.54 Å². The Bertz CT molecular complexity index is 371. The third-order valence-corrected chi connectivity index (χ3v) is 3.60. The van der Waals surface area contributed by atoms with E-state index in [1.807, 2.05) is 0 Å². The summed E-state index contributed by atoms with van der Waals surface area (Å²) in [5.74, 6) is 0.684. The summed E-state index contributed by atoms with van der Waals surface area (Å²) >= 11 is 0. The van der Waals surface area contributed by atoms with Crippen LogP contribution in [0.2, 0.25) is 0 Å². The molecule has 2 nitrogen and oxygen atoms in total. The topological polar surface area (TPSA) is 21.3 Å². The number of rotatable bonds is 3. The summed E-state index contributed by atoms with van der Waals surface area (Å²) in [5, 5.41) is 3.58. The number of hydrogen-bond acceptors (Lipinski definition) is 2. The smallest absolute Gasteiger partial charge is 0.0979 e. The average Bonchev–Trinajstić information content (AvgIpc) is 2.32. The first-order valence-corrected chi connectivity index (χ1v) is 7.01. The molecule has 1 saturated heterocycles. The molecule has 0 saturated carbocycles. The molecule has 1 aromatic carbocycles. The summed E-state index contributed by atoms with van der Waals surface area (Å²) in [6, 6.07) is 9.09. The Hall–Kier alpha value is -0.860. The van der Waals surface area contributed by atoms with Crippen molar-refractivity contribution < 1.29 is 4.74 Å². The maximum atomic E-state index is 6.27. The van der Waals surface area contributed by atoms with E-state index in [0.717, 1.165) is 13.0 Å². The molecule has 0 aromatic heterocycles. The molecular formula is C16H25NO. The number of nitrogens with one attached hydrogen (secondary N) is 1. The summed E-state index contributed by atoms with van der Waals surface area (Å²) in [7, 11) is 0. The highest BCUT2D eigenvalue weighted by molar-refractivity contribution is 5.24. The lowest BCUT2D eigenvalue weighted by atomic mass is 9.97. The van der Waals surface area contributed by atoms with Crippen molar-refractivity contribution in [3.05, 3.63) is 35.4 Å². The van der Waals surface area contributed by atoms with E-state index < -0.39 is 0 Å². The molecule has 0 amide bonds. The van der Waals surface area contributed by atoms with E-state index in [2.05, 4.69) is 57.3 Å². The van der Waals surface area contributed by atoms with Gasteiger partial charge in [0.15, 0.2) is 0 Å². The van der Waals surface area contributed by atoms with E-state index in [-0.39, 0.29) is 6.10 Å². The van der Waals surface area contributed by atoms with Crippen molar-refractivity contribution in [1.82, 2.24) is 5.32 Å². The molecule has 0 radical (unpaired) electrons. The van der Waals surface area contributed by atoms with Gasteiger partial charge in [-0.1, -0.05) is 43.7 Å². The molecule has 3 atom stereocenters. The zero-order chi connectivity index (χ0) is 13.1. The summed E-state index contributed by atoms with van der Waals surface area (Å²) in [4.78, 5) is 0. The van der Waals surface area contributed by atoms with Crippen LogP contribution in [-0.4, -0.2) is 18.7 Å². The molecule has 1 aliphatic heterocycles. The van der Waals surface area contributed by atoms with Gasteiger partial charge in [0, 0.05) is 12.6 Å². The van der Waals surface area contributed by atoms with E-state index in [1.54, 1.807) is 0 Å². The first kappa shape index (κ1) is 13.6. The Morgan fingerprint density at radius 1 is 1.28 bits per heavy atom. The Morgan fingerprint density at radius 3 is 2.56 bits per heavy atom. The quantitative estimate of drug-likeness (QED) is 0.883. The van der Waals surface area contributed by atoms with Crippen LogP contribution < -0.4 is 5.32 Å². The van der Waals surface area contributed by atoms with Gasteiger partial charge in [-0.2, -0.15) is 0 Å². The molecule has 0 spiro atoms. The van der Waals surface area contributed by atoms with Gasteiger partial charge in [0.1, 0.15) is 0 Å². The molecule has 1 aliphatic rings. The normalized spacial score (nSPS) is 28.6. The van der Waals surface area contributed by atoms with Crippen LogP contribution in [0.5, 0.6) is 0 Å². The van der Waals surface area contributed by atoms with Gasteiger partial charge in [-0.05, 0) is 31.7 Å². The molecule has 100 valence electrons. The first-order valence-electron chi connectivity index (χ1n) is 7.01. The second-order valence-electron chi connectivity index (χ2n) is 5.92. The molecule has 1 aromatic rings. The van der Waals surface area contributed by atoms with E-state index in [4.69, 9.17) is 4.74 Å². The highest BCUT2D eigenvalue weighted by Crippen LogP contribution is 2.28. The van der Waals surface area contributed by atoms with Crippen molar-refractivity contribution >= 4 is 0 Å². The van der Waals surface area contributed by atoms with Crippen LogP contribution in [0.4, 0.5) is 0 Å². The summed E-state index contributed by atoms with van der Waals surface area (Å²) in [6.07, 6.45) is 1.65. The maximum Gasteiger partial charge on any atom is 0.0979 e. The monoisotopic (exact) mass is 247 g/mol. The van der Waals surface area contributed by atoms with Crippen molar-refractivity contribution in [2.24, 2.45) is 5.92 Å². The maximum absolute atomic E-state index is 6.27. The van der Waals surface area contributed by atoms with Crippen LogP contribution in [0.3, 0.4) is 0 Å². The minimum absolute atomic E-state index is 0.183. The van der Waals surface area contributed by atoms with Crippen molar-refractivity contribution in [1.29, 1.82) is 0 Å². The zero-order valence-corrected chi connectivity index (χ0v) is 11.9. The average molecular weight is 247 g/mol. The van der Waals surface area contributed by atoms with E-state index in [0.29, 0.717) is 18.1 Å². The molecule has 2 rings (SSSR count). The SMILES string of the molecule is Cc1ccc(C2OC(CC(C)C)CNC2C)cc1. The lowest BCUT2D eigenvalue weighted by Gasteiger charge is -2.37. The van der Waals surface area contributed by atoms with Crippen LogP contribution in [0.25, 0.3) is 0 Å². The molecule has 0 aliphatic carbocycles. The van der Waals surface area contributed by atoms with Gasteiger partial charge in [0.2, 0.25) is 0 Å². The predicted molar refractivity (Wildman–Crippen MR) is 75.7 cm³/mol. The van der Waals surface area contributed by atoms with Crippen molar-refractivity contribution in [3.63, 3.8) is 0 Å². The van der Waals surface area contributed by atoms with Crippen molar-refractivity contribution in [2.45, 2.75) is 52.4 Å². The molecule has 2 heteroatoms. The highest BCUT2D eigenvalue weighted by Gasteiger charge is 2.29. The van der Waals surface area contributed by atoms with Gasteiger partial charge in [0.05, 0.1) is 12.2 Å². The predicted octanol–water partition coefficient (Wildman–Crippen LogP) is 3.46. The molecule has 0 bridgehead atoms. The fourth-order valence-electron chi connectivity index (χ4n) is 2.59. The zero-order valence-electron chi connectivity index (χ0n) is 11.9. The van der Waals surface area contributed by atoms with Gasteiger partial charge in [-0.25, -0.2) is 0 Å². The van der Waals surface area contributed by atoms with Gasteiger partial charge >= 0.3 is 0 Å². The summed E-state index contributed by atoms with van der Waals surface area (Å²) in [6.45, 7) is 9.80. The number of aryl methyl sites for hydroxylation is 1. The third kappa shape index (κ3) is 3.33. The highest BCUT2D eigenvalue weighted by atomic mass is 16.5. The fraction of sp³-hybridized carbons (Fsp3) is 0.625. The number of ether oxygens (including phenoxy) is 1. The molecule has 1 fully saturated rings. The molecule has 18 heavy (non-hydrogen) atoms. The van der Waals surface area contributed by atoms with E-state index >= 15 is 0 Å². The number of benzene rings is 1. The van der Waals surface area contributed by atoms with E-state index in [1.165, 1.54) is 11.1 Å². The lowest BCUT2D eigenvalue weighted by Crippen LogP contribution is -2.47. The molecule has 1 N–H and O–H groups in total. The second-order valence-corrected chi connectivity index (χ2v) is 5.92. The minimum atomic E-state index is 0.183. The number of morpholine rings is 1. The molecule has 3 unspecified atom stereocenters. The van der Waals surface area contributed by atoms with Crippen LogP contribution >= 0.6 is 0 Å². The summed E-state index contributed by atoms with van der Waals surface area (Å²) < 4.78 is 6.27. The Balaban J connectivity index is 2.07. The lowest BCUT2D eigenvalue weighted by molar-refractivity contribution is -0.0687. The largest absolute Gasteiger partial charge is 0.367 e. The first-order chi connectivity index (χ1) is 8.56.